The van der Waals surface area contributed by atoms with Crippen molar-refractivity contribution in [3.05, 3.63) is 35.9 Å². The van der Waals surface area contributed by atoms with Gasteiger partial charge in [0, 0.05) is 13.0 Å². The molecule has 0 spiro atoms. The minimum atomic E-state index is -1.17. The minimum Gasteiger partial charge on any atom is -0.479 e. The van der Waals surface area contributed by atoms with Gasteiger partial charge in [0.25, 0.3) is 0 Å². The van der Waals surface area contributed by atoms with E-state index in [0.717, 1.165) is 5.56 Å². The summed E-state index contributed by atoms with van der Waals surface area (Å²) in [5, 5.41) is 21.3. The molecular formula is C15H19NO5. The van der Waals surface area contributed by atoms with Crippen LogP contribution in [0.4, 0.5) is 0 Å². The lowest BCUT2D eigenvalue weighted by Crippen LogP contribution is -2.37. The highest BCUT2D eigenvalue weighted by molar-refractivity contribution is 5.81. The Morgan fingerprint density at radius 3 is 2.62 bits per heavy atom. The summed E-state index contributed by atoms with van der Waals surface area (Å²) < 4.78 is 5.05. The molecule has 1 saturated heterocycles. The van der Waals surface area contributed by atoms with Gasteiger partial charge in [-0.05, 0) is 18.4 Å². The van der Waals surface area contributed by atoms with Crippen molar-refractivity contribution < 1.29 is 24.5 Å². The number of aliphatic hydroxyl groups is 1. The number of ether oxygens (including phenoxy) is 1. The van der Waals surface area contributed by atoms with Crippen molar-refractivity contribution in [1.82, 2.24) is 5.32 Å². The average molecular weight is 293 g/mol. The van der Waals surface area contributed by atoms with Gasteiger partial charge in [-0.1, -0.05) is 30.3 Å². The lowest BCUT2D eigenvalue weighted by Gasteiger charge is -2.16. The van der Waals surface area contributed by atoms with Crippen LogP contribution < -0.4 is 5.32 Å². The van der Waals surface area contributed by atoms with E-state index in [1.165, 1.54) is 0 Å². The van der Waals surface area contributed by atoms with Crippen molar-refractivity contribution in [2.75, 3.05) is 6.54 Å². The Hall–Kier alpha value is -1.92. The number of β-amino-alcohol motifs (C(OH)–C–C–N with tert-alkyl or cyclic N) is 1. The van der Waals surface area contributed by atoms with Gasteiger partial charge >= 0.3 is 11.9 Å². The number of carboxylic acid groups (broad SMARTS) is 1. The lowest BCUT2D eigenvalue weighted by molar-refractivity contribution is -0.165. The number of benzene rings is 1. The van der Waals surface area contributed by atoms with Crippen molar-refractivity contribution in [2.24, 2.45) is 0 Å². The van der Waals surface area contributed by atoms with E-state index >= 15 is 0 Å². The zero-order valence-electron chi connectivity index (χ0n) is 11.6. The number of esters is 1. The van der Waals surface area contributed by atoms with Gasteiger partial charge in [0.1, 0.15) is 6.04 Å². The summed E-state index contributed by atoms with van der Waals surface area (Å²) in [4.78, 5) is 23.0. The molecule has 1 aliphatic rings. The van der Waals surface area contributed by atoms with Gasteiger partial charge in [-0.15, -0.1) is 0 Å². The second-order valence-corrected chi connectivity index (χ2v) is 5.14. The summed E-state index contributed by atoms with van der Waals surface area (Å²) in [6.07, 6.45) is -0.761. The molecule has 2 unspecified atom stereocenters. The fourth-order valence-corrected chi connectivity index (χ4v) is 2.29. The Bertz CT molecular complexity index is 490. The van der Waals surface area contributed by atoms with Crippen LogP contribution in [-0.4, -0.2) is 46.9 Å². The summed E-state index contributed by atoms with van der Waals surface area (Å²) in [7, 11) is 0. The average Bonchev–Trinajstić information content (AvgIpc) is 2.90. The highest BCUT2D eigenvalue weighted by atomic mass is 16.6. The fraction of sp³-hybridized carbons (Fsp3) is 0.467. The van der Waals surface area contributed by atoms with Gasteiger partial charge in [-0.3, -0.25) is 4.79 Å². The number of nitrogens with one attached hydrogen (secondary N) is 1. The maximum atomic E-state index is 11.9. The van der Waals surface area contributed by atoms with Crippen LogP contribution in [0.3, 0.4) is 0 Å². The third kappa shape index (κ3) is 4.54. The summed E-state index contributed by atoms with van der Waals surface area (Å²) in [6, 6.07) is 8.81. The van der Waals surface area contributed by atoms with Gasteiger partial charge in [-0.2, -0.15) is 0 Å². The first-order valence-electron chi connectivity index (χ1n) is 6.95. The maximum Gasteiger partial charge on any atom is 0.345 e. The fourth-order valence-electron chi connectivity index (χ4n) is 2.29. The number of aliphatic carboxylic acids is 1. The molecule has 0 saturated carbocycles. The molecule has 0 radical (unpaired) electrons. The first-order chi connectivity index (χ1) is 10.1. The molecule has 1 aromatic carbocycles. The van der Waals surface area contributed by atoms with Crippen molar-refractivity contribution in [3.63, 3.8) is 0 Å². The van der Waals surface area contributed by atoms with Gasteiger partial charge in [0.2, 0.25) is 0 Å². The van der Waals surface area contributed by atoms with E-state index in [4.69, 9.17) is 9.84 Å². The number of aliphatic hydroxyl groups excluding tert-OH is 1. The molecule has 6 heteroatoms. The van der Waals surface area contributed by atoms with Gasteiger partial charge < -0.3 is 20.3 Å². The molecular weight excluding hydrogens is 274 g/mol. The second kappa shape index (κ2) is 7.19. The van der Waals surface area contributed by atoms with E-state index in [1.54, 1.807) is 0 Å². The van der Waals surface area contributed by atoms with Gasteiger partial charge in [-0.25, -0.2) is 4.79 Å². The Morgan fingerprint density at radius 1 is 1.33 bits per heavy atom. The Balaban J connectivity index is 1.87. The van der Waals surface area contributed by atoms with Crippen molar-refractivity contribution >= 4 is 11.9 Å². The minimum absolute atomic E-state index is 0.223. The summed E-state index contributed by atoms with van der Waals surface area (Å²) in [5.74, 6) is -1.77. The van der Waals surface area contributed by atoms with Crippen LogP contribution in [0.5, 0.6) is 0 Å². The molecule has 114 valence electrons. The highest BCUT2D eigenvalue weighted by Crippen LogP contribution is 2.12. The second-order valence-electron chi connectivity index (χ2n) is 5.14. The lowest BCUT2D eigenvalue weighted by atomic mass is 10.1. The predicted octanol–water partition coefficient (Wildman–Crippen LogP) is 0.338. The van der Waals surface area contributed by atoms with E-state index in [1.807, 2.05) is 30.3 Å². The molecule has 0 aromatic heterocycles. The molecule has 21 heavy (non-hydrogen) atoms. The molecule has 6 nitrogen and oxygen atoms in total. The smallest absolute Gasteiger partial charge is 0.345 e. The number of aryl methyl sites for hydroxylation is 1. The molecule has 0 amide bonds. The monoisotopic (exact) mass is 293 g/mol. The molecule has 3 N–H and O–H groups in total. The maximum absolute atomic E-state index is 11.9. The first-order valence-corrected chi connectivity index (χ1v) is 6.95. The van der Waals surface area contributed by atoms with E-state index in [9.17, 15) is 14.7 Å². The molecule has 2 rings (SSSR count). The van der Waals surface area contributed by atoms with Crippen molar-refractivity contribution in [1.29, 1.82) is 0 Å². The Morgan fingerprint density at radius 2 is 2.05 bits per heavy atom. The van der Waals surface area contributed by atoms with Gasteiger partial charge in [0.05, 0.1) is 6.10 Å². The zero-order chi connectivity index (χ0) is 15.2. The Kier molecular flexibility index (Phi) is 5.30. The first kappa shape index (κ1) is 15.5. The normalized spacial score (nSPS) is 22.7. The molecule has 0 aliphatic carbocycles. The number of carboxylic acids is 1. The van der Waals surface area contributed by atoms with Crippen LogP contribution in [0.2, 0.25) is 0 Å². The molecule has 1 heterocycles. The molecule has 1 fully saturated rings. The van der Waals surface area contributed by atoms with E-state index in [-0.39, 0.29) is 12.8 Å². The number of hydrogen-bond acceptors (Lipinski definition) is 5. The highest BCUT2D eigenvalue weighted by Gasteiger charge is 2.32. The van der Waals surface area contributed by atoms with Crippen molar-refractivity contribution in [2.45, 2.75) is 37.5 Å². The summed E-state index contributed by atoms with van der Waals surface area (Å²) in [5.41, 5.74) is 0.995. The van der Waals surface area contributed by atoms with Crippen molar-refractivity contribution in [3.8, 4) is 0 Å². The van der Waals surface area contributed by atoms with Crippen LogP contribution in [0.1, 0.15) is 18.4 Å². The van der Waals surface area contributed by atoms with E-state index < -0.39 is 30.2 Å². The zero-order valence-corrected chi connectivity index (χ0v) is 11.6. The molecule has 0 bridgehead atoms. The third-order valence-electron chi connectivity index (χ3n) is 3.46. The topological polar surface area (TPSA) is 95.9 Å². The van der Waals surface area contributed by atoms with Gasteiger partial charge in [0.15, 0.2) is 6.10 Å². The predicted molar refractivity (Wildman–Crippen MR) is 74.7 cm³/mol. The van der Waals surface area contributed by atoms with Crippen LogP contribution in [0, 0.1) is 0 Å². The van der Waals surface area contributed by atoms with E-state index in [2.05, 4.69) is 5.32 Å². The van der Waals surface area contributed by atoms with Crippen LogP contribution >= 0.6 is 0 Å². The third-order valence-corrected chi connectivity index (χ3v) is 3.46. The standard InChI is InChI=1S/C15H19NO5/c17-11-8-12(16-9-11)15(20)21-13(14(18)19)7-6-10-4-2-1-3-5-10/h1-5,11-13,16-17H,6-9H2,(H,18,19)/t11?,12-,13?/m0/s1. The number of carbonyl (C=O) groups is 2. The van der Waals surface area contributed by atoms with E-state index in [0.29, 0.717) is 13.0 Å². The summed E-state index contributed by atoms with van der Waals surface area (Å²) in [6.45, 7) is 0.321. The molecule has 1 aromatic rings. The van der Waals surface area contributed by atoms with Crippen LogP contribution in [0.15, 0.2) is 30.3 Å². The Labute approximate surface area is 122 Å². The number of carbonyl (C=O) groups excluding carboxylic acids is 1. The van der Waals surface area contributed by atoms with Crippen LogP contribution in [-0.2, 0) is 20.7 Å². The quantitative estimate of drug-likeness (QED) is 0.655. The number of hydrogen-bond donors (Lipinski definition) is 3. The van der Waals surface area contributed by atoms with Crippen LogP contribution in [0.25, 0.3) is 0 Å². The molecule has 1 aliphatic heterocycles. The number of rotatable bonds is 6. The summed E-state index contributed by atoms with van der Waals surface area (Å²) >= 11 is 0. The molecule has 3 atom stereocenters. The SMILES string of the molecule is O=C(O)C(CCc1ccccc1)OC(=O)[C@@H]1CC(O)CN1. The largest absolute Gasteiger partial charge is 0.479 e.